The smallest absolute Gasteiger partial charge is 0.160 e. The van der Waals surface area contributed by atoms with Crippen LogP contribution >= 0.6 is 0 Å². The highest BCUT2D eigenvalue weighted by Crippen LogP contribution is 2.29. The Kier molecular flexibility index (Phi) is 4.66. The van der Waals surface area contributed by atoms with E-state index in [9.17, 15) is 5.11 Å². The molecule has 1 saturated heterocycles. The van der Waals surface area contributed by atoms with E-state index < -0.39 is 0 Å². The van der Waals surface area contributed by atoms with Crippen molar-refractivity contribution in [2.75, 3.05) is 26.7 Å². The molecule has 116 valence electrons. The topological polar surface area (TPSA) is 44.7 Å². The summed E-state index contributed by atoms with van der Waals surface area (Å²) in [6.45, 7) is 4.45. The number of rotatable bonds is 6. The first-order valence-corrected chi connectivity index (χ1v) is 8.06. The minimum atomic E-state index is 0.212. The monoisotopic (exact) mass is 290 g/mol. The van der Waals surface area contributed by atoms with Crippen molar-refractivity contribution in [2.45, 2.75) is 38.3 Å². The molecule has 4 heteroatoms. The third-order valence-electron chi connectivity index (χ3n) is 4.63. The van der Waals surface area contributed by atoms with Gasteiger partial charge in [0.05, 0.1) is 7.11 Å². The largest absolute Gasteiger partial charge is 0.504 e. The molecule has 0 spiro atoms. The number of methoxy groups -OCH3 is 1. The zero-order valence-corrected chi connectivity index (χ0v) is 12.8. The van der Waals surface area contributed by atoms with E-state index in [1.54, 1.807) is 13.2 Å². The Balaban J connectivity index is 1.45. The fraction of sp³-hybridized carbons (Fsp3) is 0.647. The lowest BCUT2D eigenvalue weighted by Gasteiger charge is -2.32. The Morgan fingerprint density at radius 1 is 1.24 bits per heavy atom. The van der Waals surface area contributed by atoms with Gasteiger partial charge in [-0.2, -0.15) is 0 Å². The van der Waals surface area contributed by atoms with Gasteiger partial charge in [-0.3, -0.25) is 4.90 Å². The maximum absolute atomic E-state index is 9.64. The predicted molar refractivity (Wildman–Crippen MR) is 83.7 cm³/mol. The molecule has 0 unspecified atom stereocenters. The van der Waals surface area contributed by atoms with Crippen molar-refractivity contribution in [3.63, 3.8) is 0 Å². The fourth-order valence-electron chi connectivity index (χ4n) is 3.03. The third kappa shape index (κ3) is 4.11. The molecule has 21 heavy (non-hydrogen) atoms. The van der Waals surface area contributed by atoms with E-state index in [2.05, 4.69) is 10.2 Å². The van der Waals surface area contributed by atoms with Gasteiger partial charge in [0.25, 0.3) is 0 Å². The minimum Gasteiger partial charge on any atom is -0.504 e. The van der Waals surface area contributed by atoms with Gasteiger partial charge in [-0.25, -0.2) is 0 Å². The summed E-state index contributed by atoms with van der Waals surface area (Å²) < 4.78 is 5.17. The summed E-state index contributed by atoms with van der Waals surface area (Å²) in [6, 6.07) is 6.34. The summed E-state index contributed by atoms with van der Waals surface area (Å²) in [7, 11) is 1.59. The van der Waals surface area contributed by atoms with E-state index in [0.717, 1.165) is 25.6 Å². The lowest BCUT2D eigenvalue weighted by Crippen LogP contribution is -2.42. The zero-order valence-electron chi connectivity index (χ0n) is 12.8. The van der Waals surface area contributed by atoms with Gasteiger partial charge >= 0.3 is 0 Å². The molecule has 1 aromatic rings. The SMILES string of the molecule is COc1cc(CN2CCC(NCC3CC3)CC2)ccc1O. The van der Waals surface area contributed by atoms with E-state index in [-0.39, 0.29) is 5.75 Å². The number of nitrogens with zero attached hydrogens (tertiary/aromatic N) is 1. The van der Waals surface area contributed by atoms with Crippen LogP contribution in [0.4, 0.5) is 0 Å². The molecular formula is C17H26N2O2. The molecule has 1 aliphatic carbocycles. The summed E-state index contributed by atoms with van der Waals surface area (Å²) in [4.78, 5) is 2.49. The van der Waals surface area contributed by atoms with Crippen molar-refractivity contribution >= 4 is 0 Å². The molecule has 1 aliphatic heterocycles. The van der Waals surface area contributed by atoms with Gasteiger partial charge in [-0.1, -0.05) is 6.07 Å². The lowest BCUT2D eigenvalue weighted by atomic mass is 10.0. The first kappa shape index (κ1) is 14.7. The van der Waals surface area contributed by atoms with Crippen LogP contribution in [0.15, 0.2) is 18.2 Å². The second kappa shape index (κ2) is 6.67. The first-order valence-electron chi connectivity index (χ1n) is 8.06. The van der Waals surface area contributed by atoms with Gasteiger partial charge in [0.2, 0.25) is 0 Å². The molecule has 1 aromatic carbocycles. The van der Waals surface area contributed by atoms with Crippen molar-refractivity contribution in [3.05, 3.63) is 23.8 Å². The summed E-state index contributed by atoms with van der Waals surface area (Å²) in [5.74, 6) is 1.74. The van der Waals surface area contributed by atoms with Crippen molar-refractivity contribution in [1.29, 1.82) is 0 Å². The number of phenolic OH excluding ortho intramolecular Hbond substituents is 1. The third-order valence-corrected chi connectivity index (χ3v) is 4.63. The quantitative estimate of drug-likeness (QED) is 0.844. The number of benzene rings is 1. The summed E-state index contributed by atoms with van der Waals surface area (Å²) in [6.07, 6.45) is 5.33. The Morgan fingerprint density at radius 3 is 2.67 bits per heavy atom. The van der Waals surface area contributed by atoms with Gasteiger partial charge in [0.1, 0.15) is 0 Å². The zero-order chi connectivity index (χ0) is 14.7. The standard InChI is InChI=1S/C17H26N2O2/c1-21-17-10-14(4-5-16(17)20)12-19-8-6-15(7-9-19)18-11-13-2-3-13/h4-5,10,13,15,18,20H,2-3,6-9,11-12H2,1H3. The van der Waals surface area contributed by atoms with Gasteiger partial charge in [-0.15, -0.1) is 0 Å². The maximum Gasteiger partial charge on any atom is 0.160 e. The molecule has 2 fully saturated rings. The first-order chi connectivity index (χ1) is 10.2. The highest BCUT2D eigenvalue weighted by molar-refractivity contribution is 5.41. The Hall–Kier alpha value is -1.26. The molecule has 4 nitrogen and oxygen atoms in total. The number of hydrogen-bond donors (Lipinski definition) is 2. The molecule has 2 aliphatic rings. The second-order valence-corrected chi connectivity index (χ2v) is 6.41. The number of nitrogens with one attached hydrogen (secondary N) is 1. The fourth-order valence-corrected chi connectivity index (χ4v) is 3.03. The van der Waals surface area contributed by atoms with E-state index in [1.165, 1.54) is 37.8 Å². The molecule has 0 bridgehead atoms. The number of likely N-dealkylation sites (tertiary alicyclic amines) is 1. The summed E-state index contributed by atoms with van der Waals surface area (Å²) in [5.41, 5.74) is 1.20. The number of aromatic hydroxyl groups is 1. The molecule has 0 amide bonds. The van der Waals surface area contributed by atoms with Crippen LogP contribution in [0, 0.1) is 5.92 Å². The van der Waals surface area contributed by atoms with Crippen molar-refractivity contribution in [3.8, 4) is 11.5 Å². The van der Waals surface area contributed by atoms with E-state index in [1.807, 2.05) is 12.1 Å². The van der Waals surface area contributed by atoms with Crippen LogP contribution in [0.3, 0.4) is 0 Å². The van der Waals surface area contributed by atoms with Crippen LogP contribution < -0.4 is 10.1 Å². The number of piperidine rings is 1. The van der Waals surface area contributed by atoms with Gasteiger partial charge in [-0.05, 0) is 68.9 Å². The van der Waals surface area contributed by atoms with Crippen LogP contribution in [0.1, 0.15) is 31.2 Å². The van der Waals surface area contributed by atoms with E-state index in [4.69, 9.17) is 4.74 Å². The van der Waals surface area contributed by atoms with Crippen molar-refractivity contribution in [2.24, 2.45) is 5.92 Å². The Morgan fingerprint density at radius 2 is 2.00 bits per heavy atom. The highest BCUT2D eigenvalue weighted by atomic mass is 16.5. The number of ether oxygens (including phenoxy) is 1. The maximum atomic E-state index is 9.64. The summed E-state index contributed by atoms with van der Waals surface area (Å²) in [5, 5.41) is 13.4. The van der Waals surface area contributed by atoms with Crippen LogP contribution in [0.25, 0.3) is 0 Å². The molecule has 1 heterocycles. The Labute approximate surface area is 127 Å². The van der Waals surface area contributed by atoms with Gasteiger partial charge in [0.15, 0.2) is 11.5 Å². The molecule has 0 aromatic heterocycles. The average Bonchev–Trinajstić information content (AvgIpc) is 3.33. The normalized spacial score (nSPS) is 20.6. The second-order valence-electron chi connectivity index (χ2n) is 6.41. The predicted octanol–water partition coefficient (Wildman–Crippen LogP) is 2.36. The molecule has 0 atom stereocenters. The van der Waals surface area contributed by atoms with Crippen LogP contribution in [-0.4, -0.2) is 42.8 Å². The van der Waals surface area contributed by atoms with Crippen molar-refractivity contribution in [1.82, 2.24) is 10.2 Å². The van der Waals surface area contributed by atoms with Crippen LogP contribution in [-0.2, 0) is 6.54 Å². The number of hydrogen-bond acceptors (Lipinski definition) is 4. The molecule has 1 saturated carbocycles. The lowest BCUT2D eigenvalue weighted by molar-refractivity contribution is 0.190. The van der Waals surface area contributed by atoms with E-state index >= 15 is 0 Å². The van der Waals surface area contributed by atoms with Crippen molar-refractivity contribution < 1.29 is 9.84 Å². The van der Waals surface area contributed by atoms with Crippen LogP contribution in [0.2, 0.25) is 0 Å². The molecule has 0 radical (unpaired) electrons. The average molecular weight is 290 g/mol. The van der Waals surface area contributed by atoms with Crippen LogP contribution in [0.5, 0.6) is 11.5 Å². The number of phenols is 1. The van der Waals surface area contributed by atoms with Gasteiger partial charge in [0, 0.05) is 12.6 Å². The Bertz CT molecular complexity index is 466. The van der Waals surface area contributed by atoms with E-state index in [0.29, 0.717) is 11.8 Å². The molecule has 2 N–H and O–H groups in total. The minimum absolute atomic E-state index is 0.212. The van der Waals surface area contributed by atoms with Gasteiger partial charge < -0.3 is 15.2 Å². The summed E-state index contributed by atoms with van der Waals surface area (Å²) >= 11 is 0. The highest BCUT2D eigenvalue weighted by Gasteiger charge is 2.24. The molecule has 3 rings (SSSR count). The molecular weight excluding hydrogens is 264 g/mol.